The fraction of sp³-hybridized carbons (Fsp3) is 0.395. The van der Waals surface area contributed by atoms with Gasteiger partial charge in [-0.25, -0.2) is 0 Å². The van der Waals surface area contributed by atoms with Gasteiger partial charge < -0.3 is 5.11 Å². The Morgan fingerprint density at radius 2 is 1.21 bits per heavy atom. The van der Waals surface area contributed by atoms with E-state index in [-0.39, 0.29) is 5.75 Å². The van der Waals surface area contributed by atoms with E-state index in [9.17, 15) is 5.11 Å². The van der Waals surface area contributed by atoms with Crippen LogP contribution in [-0.2, 0) is 6.42 Å². The predicted octanol–water partition coefficient (Wildman–Crippen LogP) is 11.8. The number of aryl methyl sites for hydroxylation is 2. The molecule has 0 fully saturated rings. The van der Waals surface area contributed by atoms with Crippen molar-refractivity contribution in [1.82, 2.24) is 0 Å². The molecule has 4 aromatic carbocycles. The largest absolute Gasteiger partial charge is 0.505 e. The van der Waals surface area contributed by atoms with E-state index in [1.165, 1.54) is 38.9 Å². The van der Waals surface area contributed by atoms with Gasteiger partial charge in [0.1, 0.15) is 5.69 Å². The first-order valence-corrected chi connectivity index (χ1v) is 15.3. The van der Waals surface area contributed by atoms with Crippen LogP contribution in [0.2, 0.25) is 0 Å². The van der Waals surface area contributed by atoms with Gasteiger partial charge in [-0.05, 0) is 159 Å². The molecule has 0 aromatic heterocycles. The number of nitrogens with zero attached hydrogens (tertiary/aromatic N) is 3. The molecule has 0 aliphatic rings. The molecule has 0 bridgehead atoms. The van der Waals surface area contributed by atoms with E-state index in [2.05, 4.69) is 104 Å². The summed E-state index contributed by atoms with van der Waals surface area (Å²) in [6.07, 6.45) is 2.91. The highest BCUT2D eigenvalue weighted by Crippen LogP contribution is 2.42. The molecule has 42 heavy (non-hydrogen) atoms. The monoisotopic (exact) mass is 561 g/mol. The topological polar surface area (TPSA) is 57.3 Å². The van der Waals surface area contributed by atoms with Gasteiger partial charge in [-0.1, -0.05) is 45.9 Å². The lowest BCUT2D eigenvalue weighted by Crippen LogP contribution is -2.07. The molecule has 220 valence electrons. The molecule has 4 heteroatoms. The van der Waals surface area contributed by atoms with E-state index in [1.54, 1.807) is 0 Å². The lowest BCUT2D eigenvalue weighted by Gasteiger charge is -2.24. The summed E-state index contributed by atoms with van der Waals surface area (Å²) in [5.41, 5.74) is 14.8. The molecule has 0 amide bonds. The lowest BCUT2D eigenvalue weighted by molar-refractivity contribution is 0.482. The van der Waals surface area contributed by atoms with Crippen molar-refractivity contribution in [1.29, 1.82) is 0 Å². The van der Waals surface area contributed by atoms with Crippen molar-refractivity contribution in [3.63, 3.8) is 0 Å². The zero-order valence-electron chi connectivity index (χ0n) is 27.2. The third-order valence-electron chi connectivity index (χ3n) is 9.62. The normalized spacial score (nSPS) is 13.2. The minimum atomic E-state index is 0.174. The Morgan fingerprint density at radius 1 is 0.690 bits per heavy atom. The van der Waals surface area contributed by atoms with Crippen molar-refractivity contribution in [2.45, 2.75) is 100 Å². The van der Waals surface area contributed by atoms with Crippen molar-refractivity contribution in [3.8, 4) is 5.75 Å². The van der Waals surface area contributed by atoms with Gasteiger partial charge in [-0.3, -0.25) is 4.99 Å². The average molecular weight is 562 g/mol. The van der Waals surface area contributed by atoms with Crippen LogP contribution in [0.25, 0.3) is 10.8 Å². The van der Waals surface area contributed by atoms with E-state index >= 15 is 0 Å². The van der Waals surface area contributed by atoms with Crippen LogP contribution in [0.1, 0.15) is 108 Å². The summed E-state index contributed by atoms with van der Waals surface area (Å²) in [4.78, 5) is 4.41. The van der Waals surface area contributed by atoms with Crippen LogP contribution in [0.4, 0.5) is 17.1 Å². The first kappa shape index (κ1) is 31.2. The summed E-state index contributed by atoms with van der Waals surface area (Å²) in [5, 5.41) is 22.5. The lowest BCUT2D eigenvalue weighted by atomic mass is 9.82. The Bertz CT molecular complexity index is 1700. The van der Waals surface area contributed by atoms with Crippen LogP contribution >= 0.6 is 0 Å². The van der Waals surface area contributed by atoms with Crippen molar-refractivity contribution < 1.29 is 5.11 Å². The smallest absolute Gasteiger partial charge is 0.150 e. The molecule has 0 saturated heterocycles. The first-order chi connectivity index (χ1) is 19.9. The second-order valence-corrected chi connectivity index (χ2v) is 12.1. The molecule has 4 aromatic rings. The van der Waals surface area contributed by atoms with E-state index in [0.29, 0.717) is 17.5 Å². The molecule has 0 aliphatic heterocycles. The number of aliphatic imine (C=N–C) groups is 1. The Morgan fingerprint density at radius 3 is 1.76 bits per heavy atom. The van der Waals surface area contributed by atoms with Gasteiger partial charge in [0.05, 0.1) is 11.4 Å². The van der Waals surface area contributed by atoms with Crippen LogP contribution in [0, 0.1) is 41.5 Å². The zero-order valence-corrected chi connectivity index (χ0v) is 27.2. The number of fused-ring (bicyclic) bond motifs is 1. The Hall–Kier alpha value is -3.79. The predicted molar refractivity (Wildman–Crippen MR) is 181 cm³/mol. The maximum atomic E-state index is 11.2. The number of phenols is 1. The molecule has 4 nitrogen and oxygen atoms in total. The van der Waals surface area contributed by atoms with E-state index < -0.39 is 0 Å². The quantitative estimate of drug-likeness (QED) is 0.160. The van der Waals surface area contributed by atoms with Crippen molar-refractivity contribution in [3.05, 3.63) is 92.0 Å². The number of hydrogen-bond donors (Lipinski definition) is 1. The van der Waals surface area contributed by atoms with Gasteiger partial charge in [0.15, 0.2) is 5.75 Å². The number of hydrogen-bond acceptors (Lipinski definition) is 4. The Kier molecular flexibility index (Phi) is 9.35. The third-order valence-corrected chi connectivity index (χ3v) is 9.62. The van der Waals surface area contributed by atoms with Crippen LogP contribution in [0.15, 0.2) is 51.6 Å². The average Bonchev–Trinajstić information content (AvgIpc) is 2.97. The standard InChI is InChI=1S/C38H47N3O/c1-12-21(3)30-19-34(39-11)27(9)32(25(30)7)18-33-26(8)31(22(4)13-2)20-35(28(33)10)40-41-36-17-24(6)37-23(5)15-14-16-29(37)38(36)42/h14-17,19-22,42H,11-13,18H2,1-10H3. The highest BCUT2D eigenvalue weighted by atomic mass is 16.3. The first-order valence-electron chi connectivity index (χ1n) is 15.3. The van der Waals surface area contributed by atoms with Crippen molar-refractivity contribution in [2.75, 3.05) is 0 Å². The minimum absolute atomic E-state index is 0.174. The number of rotatable bonds is 9. The zero-order chi connectivity index (χ0) is 30.9. The molecule has 0 spiro atoms. The fourth-order valence-corrected chi connectivity index (χ4v) is 6.44. The molecule has 2 unspecified atom stereocenters. The van der Waals surface area contributed by atoms with Gasteiger partial charge in [0.2, 0.25) is 0 Å². The summed E-state index contributed by atoms with van der Waals surface area (Å²) in [6.45, 7) is 25.9. The van der Waals surface area contributed by atoms with Gasteiger partial charge in [0, 0.05) is 5.39 Å². The summed E-state index contributed by atoms with van der Waals surface area (Å²) in [7, 11) is 0. The highest BCUT2D eigenvalue weighted by molar-refractivity contribution is 5.96. The molecule has 0 radical (unpaired) electrons. The van der Waals surface area contributed by atoms with Gasteiger partial charge >= 0.3 is 0 Å². The molecule has 0 heterocycles. The van der Waals surface area contributed by atoms with Crippen LogP contribution in [0.3, 0.4) is 0 Å². The minimum Gasteiger partial charge on any atom is -0.505 e. The van der Waals surface area contributed by atoms with Crippen LogP contribution in [-0.4, -0.2) is 11.8 Å². The SMILES string of the molecule is C=Nc1cc(C(C)CC)c(C)c(Cc2c(C)c(N=Nc3cc(C)c4c(C)cccc4c3O)cc(C(C)CC)c2C)c1C. The third kappa shape index (κ3) is 5.64. The molecular formula is C38H47N3O. The second-order valence-electron chi connectivity index (χ2n) is 12.1. The number of benzene rings is 4. The van der Waals surface area contributed by atoms with Gasteiger partial charge in [0.25, 0.3) is 0 Å². The second kappa shape index (κ2) is 12.6. The summed E-state index contributed by atoms with van der Waals surface area (Å²) in [5.74, 6) is 1.01. The fourth-order valence-electron chi connectivity index (χ4n) is 6.44. The molecule has 2 atom stereocenters. The molecule has 0 aliphatic carbocycles. The number of aromatic hydroxyl groups is 1. The van der Waals surface area contributed by atoms with Crippen LogP contribution in [0.5, 0.6) is 5.75 Å². The number of azo groups is 1. The Labute approximate surface area is 252 Å². The molecule has 4 rings (SSSR count). The molecular weight excluding hydrogens is 514 g/mol. The van der Waals surface area contributed by atoms with Gasteiger partial charge in [-0.15, -0.1) is 5.11 Å². The summed E-state index contributed by atoms with van der Waals surface area (Å²) in [6, 6.07) is 12.4. The summed E-state index contributed by atoms with van der Waals surface area (Å²) >= 11 is 0. The maximum Gasteiger partial charge on any atom is 0.150 e. The van der Waals surface area contributed by atoms with E-state index in [1.807, 2.05) is 18.2 Å². The van der Waals surface area contributed by atoms with E-state index in [4.69, 9.17) is 5.11 Å². The van der Waals surface area contributed by atoms with Gasteiger partial charge in [-0.2, -0.15) is 5.11 Å². The van der Waals surface area contributed by atoms with Crippen LogP contribution < -0.4 is 0 Å². The van der Waals surface area contributed by atoms with Crippen molar-refractivity contribution in [2.24, 2.45) is 15.2 Å². The molecule has 0 saturated carbocycles. The highest BCUT2D eigenvalue weighted by Gasteiger charge is 2.21. The van der Waals surface area contributed by atoms with E-state index in [0.717, 1.165) is 58.1 Å². The Balaban J connectivity index is 1.90. The van der Waals surface area contributed by atoms with Crippen molar-refractivity contribution >= 4 is 34.6 Å². The summed E-state index contributed by atoms with van der Waals surface area (Å²) < 4.78 is 0. The molecule has 1 N–H and O–H groups in total. The maximum absolute atomic E-state index is 11.2. The number of phenolic OH excluding ortho intramolecular Hbond substituents is 1.